The van der Waals surface area contributed by atoms with Crippen molar-refractivity contribution in [3.63, 3.8) is 0 Å². The summed E-state index contributed by atoms with van der Waals surface area (Å²) in [6.45, 7) is 1.47. The number of phenols is 1. The van der Waals surface area contributed by atoms with Crippen LogP contribution in [0.15, 0.2) is 24.3 Å². The fourth-order valence-corrected chi connectivity index (χ4v) is 2.08. The molecule has 6 nitrogen and oxygen atoms in total. The molecule has 0 fully saturated rings. The summed E-state index contributed by atoms with van der Waals surface area (Å²) in [7, 11) is 1.60. The molecule has 0 spiro atoms. The SMILES string of the molecule is CNC(C)=O.O=[As](O)(O)c1ccccc1O. The van der Waals surface area contributed by atoms with E-state index in [9.17, 15) is 8.53 Å². The second kappa shape index (κ2) is 6.37. The van der Waals surface area contributed by atoms with E-state index in [4.69, 9.17) is 13.3 Å². The van der Waals surface area contributed by atoms with Crippen molar-refractivity contribution < 1.29 is 21.8 Å². The maximum absolute atomic E-state index is 10.6. The van der Waals surface area contributed by atoms with Gasteiger partial charge in [-0.05, 0) is 0 Å². The molecule has 16 heavy (non-hydrogen) atoms. The van der Waals surface area contributed by atoms with E-state index < -0.39 is 14.2 Å². The molecule has 0 bridgehead atoms. The molecule has 1 aromatic rings. The van der Waals surface area contributed by atoms with Gasteiger partial charge in [-0.25, -0.2) is 0 Å². The molecule has 1 rings (SSSR count). The van der Waals surface area contributed by atoms with Crippen LogP contribution in [0.25, 0.3) is 0 Å². The first-order valence-electron chi connectivity index (χ1n) is 4.31. The van der Waals surface area contributed by atoms with E-state index in [1.807, 2.05) is 0 Å². The third-order valence-electron chi connectivity index (χ3n) is 1.55. The Balaban J connectivity index is 0.000000385. The van der Waals surface area contributed by atoms with Crippen LogP contribution in [0.5, 0.6) is 5.75 Å². The zero-order valence-corrected chi connectivity index (χ0v) is 10.8. The summed E-state index contributed by atoms with van der Waals surface area (Å²) in [5.41, 5.74) is 0. The van der Waals surface area contributed by atoms with E-state index >= 15 is 0 Å². The Hall–Kier alpha value is -1.23. The van der Waals surface area contributed by atoms with Gasteiger partial charge >= 0.3 is 65.6 Å². The fraction of sp³-hybridized carbons (Fsp3) is 0.222. The van der Waals surface area contributed by atoms with Gasteiger partial charge in [0, 0.05) is 14.0 Å². The van der Waals surface area contributed by atoms with Gasteiger partial charge < -0.3 is 5.32 Å². The van der Waals surface area contributed by atoms with Crippen LogP contribution in [0, 0.1) is 0 Å². The summed E-state index contributed by atoms with van der Waals surface area (Å²) in [5, 5.41) is 11.4. The Morgan fingerprint density at radius 1 is 1.31 bits per heavy atom. The third-order valence-corrected chi connectivity index (χ3v) is 3.66. The number of hydrogen-bond donors (Lipinski definition) is 4. The van der Waals surface area contributed by atoms with Gasteiger partial charge in [0.05, 0.1) is 0 Å². The first-order valence-corrected chi connectivity index (χ1v) is 7.69. The first-order chi connectivity index (χ1) is 7.29. The molecule has 7 heteroatoms. The van der Waals surface area contributed by atoms with Crippen molar-refractivity contribution in [2.24, 2.45) is 0 Å². The van der Waals surface area contributed by atoms with Gasteiger partial charge in [-0.15, -0.1) is 0 Å². The van der Waals surface area contributed by atoms with Gasteiger partial charge in [-0.2, -0.15) is 0 Å². The topological polar surface area (TPSA) is 107 Å². The van der Waals surface area contributed by atoms with Crippen molar-refractivity contribution in [2.45, 2.75) is 6.92 Å². The van der Waals surface area contributed by atoms with Gasteiger partial charge in [-0.3, -0.25) is 4.79 Å². The molecule has 0 heterocycles. The number of hydrogen-bond acceptors (Lipinski definition) is 3. The van der Waals surface area contributed by atoms with Gasteiger partial charge in [0.2, 0.25) is 5.91 Å². The minimum absolute atomic E-state index is 0.00463. The molecule has 0 unspecified atom stereocenters. The number of carbonyl (C=O) groups is 1. The second-order valence-corrected chi connectivity index (χ2v) is 6.13. The van der Waals surface area contributed by atoms with Crippen LogP contribution in [0.2, 0.25) is 0 Å². The molecule has 90 valence electrons. The fourth-order valence-electron chi connectivity index (χ4n) is 0.710. The number of nitrogens with one attached hydrogen (secondary N) is 1. The van der Waals surface area contributed by atoms with Crippen molar-refractivity contribution in [3.05, 3.63) is 24.3 Å². The van der Waals surface area contributed by atoms with Crippen molar-refractivity contribution in [1.82, 2.24) is 5.32 Å². The van der Waals surface area contributed by atoms with E-state index in [0.29, 0.717) is 0 Å². The van der Waals surface area contributed by atoms with Crippen LogP contribution in [-0.2, 0) is 8.53 Å². The van der Waals surface area contributed by atoms with Crippen LogP contribution in [0.3, 0.4) is 0 Å². The number of aromatic hydroxyl groups is 1. The van der Waals surface area contributed by atoms with E-state index in [0.717, 1.165) is 0 Å². The zero-order valence-electron chi connectivity index (χ0n) is 8.91. The molecule has 0 atom stereocenters. The minimum atomic E-state index is -4.90. The number of benzene rings is 1. The molecule has 0 aliphatic rings. The predicted octanol–water partition coefficient (Wildman–Crippen LogP) is -1.29. The van der Waals surface area contributed by atoms with Crippen LogP contribution < -0.4 is 9.67 Å². The number of para-hydroxylation sites is 1. The number of rotatable bonds is 1. The quantitative estimate of drug-likeness (QED) is 0.481. The summed E-state index contributed by atoms with van der Waals surface area (Å²) in [5.74, 6) is -0.343. The van der Waals surface area contributed by atoms with Crippen LogP contribution in [-0.4, -0.2) is 40.4 Å². The van der Waals surface area contributed by atoms with Crippen LogP contribution >= 0.6 is 0 Å². The summed E-state index contributed by atoms with van der Waals surface area (Å²) < 4.78 is 27.7. The van der Waals surface area contributed by atoms with Gasteiger partial charge in [0.1, 0.15) is 0 Å². The molecule has 1 amide bonds. The summed E-state index contributed by atoms with van der Waals surface area (Å²) in [4.78, 5) is 9.70. The monoisotopic (exact) mass is 291 g/mol. The molecule has 0 aliphatic heterocycles. The van der Waals surface area contributed by atoms with E-state index in [2.05, 4.69) is 5.32 Å². The summed E-state index contributed by atoms with van der Waals surface area (Å²) in [6.07, 6.45) is 0. The first kappa shape index (κ1) is 14.8. The standard InChI is InChI=1S/C6H7AsO4.C3H7NO/c8-6-4-2-1-3-5(6)7(9,10)11;1-3(5)4-2/h1-4,8H,(H2,9,10,11);1-2H3,(H,4,5). The van der Waals surface area contributed by atoms with E-state index in [-0.39, 0.29) is 16.0 Å². The number of carbonyl (C=O) groups excluding carboxylic acids is 1. The summed E-state index contributed by atoms with van der Waals surface area (Å²) >= 11 is -4.90. The Kier molecular flexibility index (Phi) is 5.88. The number of amides is 1. The third kappa shape index (κ3) is 5.60. The summed E-state index contributed by atoms with van der Waals surface area (Å²) in [6, 6.07) is 5.44. The number of phenolic OH excluding ortho intramolecular Hbond substituents is 1. The molecule has 1 aromatic carbocycles. The zero-order chi connectivity index (χ0) is 12.8. The molecule has 0 aromatic heterocycles. The average Bonchev–Trinajstić information content (AvgIpc) is 2.17. The molecule has 0 radical (unpaired) electrons. The Labute approximate surface area is 95.9 Å². The molecule has 4 N–H and O–H groups in total. The normalized spacial score (nSPS) is 10.0. The van der Waals surface area contributed by atoms with Crippen molar-refractivity contribution in [2.75, 3.05) is 7.05 Å². The predicted molar refractivity (Wildman–Crippen MR) is 58.4 cm³/mol. The van der Waals surface area contributed by atoms with Crippen molar-refractivity contribution >= 4 is 24.4 Å². The van der Waals surface area contributed by atoms with Crippen LogP contribution in [0.1, 0.15) is 6.92 Å². The molecule has 0 saturated carbocycles. The molecule has 0 aliphatic carbocycles. The average molecular weight is 291 g/mol. The van der Waals surface area contributed by atoms with Gasteiger partial charge in [-0.1, -0.05) is 0 Å². The maximum atomic E-state index is 10.6. The van der Waals surface area contributed by atoms with Crippen molar-refractivity contribution in [3.8, 4) is 5.75 Å². The Morgan fingerprint density at radius 3 is 2.00 bits per heavy atom. The van der Waals surface area contributed by atoms with Gasteiger partial charge in [0.25, 0.3) is 0 Å². The Bertz CT molecular complexity index is 401. The molecular formula is C9H14AsNO5. The Morgan fingerprint density at radius 2 is 1.75 bits per heavy atom. The second-order valence-electron chi connectivity index (χ2n) is 2.84. The van der Waals surface area contributed by atoms with Crippen LogP contribution in [0.4, 0.5) is 0 Å². The van der Waals surface area contributed by atoms with E-state index in [1.165, 1.54) is 31.2 Å². The van der Waals surface area contributed by atoms with Gasteiger partial charge in [0.15, 0.2) is 0 Å². The molecule has 0 saturated heterocycles. The van der Waals surface area contributed by atoms with E-state index in [1.54, 1.807) is 7.05 Å². The van der Waals surface area contributed by atoms with Crippen molar-refractivity contribution in [1.29, 1.82) is 0 Å². The molecular weight excluding hydrogens is 277 g/mol.